The Morgan fingerprint density at radius 1 is 1.58 bits per heavy atom. The Kier molecular flexibility index (Phi) is 2.47. The lowest BCUT2D eigenvalue weighted by Gasteiger charge is -2.12. The molecule has 0 spiro atoms. The highest BCUT2D eigenvalue weighted by Crippen LogP contribution is 2.36. The summed E-state index contributed by atoms with van der Waals surface area (Å²) in [4.78, 5) is 0. The summed E-state index contributed by atoms with van der Waals surface area (Å²) in [7, 11) is 0. The highest BCUT2D eigenvalue weighted by molar-refractivity contribution is 14.1. The molecule has 0 bridgehead atoms. The minimum atomic E-state index is 0.445. The van der Waals surface area contributed by atoms with Crippen LogP contribution in [0.4, 0.5) is 5.13 Å². The van der Waals surface area contributed by atoms with Gasteiger partial charge in [-0.3, -0.25) is 0 Å². The number of hydrogen-bond donors (Lipinski definition) is 1. The van der Waals surface area contributed by atoms with Crippen molar-refractivity contribution >= 4 is 39.3 Å². The van der Waals surface area contributed by atoms with Crippen molar-refractivity contribution < 1.29 is 0 Å². The molecule has 2 N–H and O–H groups in total. The van der Waals surface area contributed by atoms with Gasteiger partial charge in [-0.2, -0.15) is 0 Å². The van der Waals surface area contributed by atoms with Crippen LogP contribution in [-0.4, -0.2) is 19.9 Å². The van der Waals surface area contributed by atoms with Gasteiger partial charge in [-0.25, -0.2) is 3.11 Å². The van der Waals surface area contributed by atoms with E-state index in [0.717, 1.165) is 11.6 Å². The second-order valence-electron chi connectivity index (χ2n) is 2.76. The third-order valence-corrected chi connectivity index (χ3v) is 3.94. The molecule has 1 saturated heterocycles. The lowest BCUT2D eigenvalue weighted by Crippen LogP contribution is -2.10. The summed E-state index contributed by atoms with van der Waals surface area (Å²) in [5.41, 5.74) is 5.52. The molecule has 66 valence electrons. The molecular formula is C6H9IN4S. The molecule has 0 aliphatic carbocycles. The zero-order chi connectivity index (χ0) is 8.55. The topological polar surface area (TPSA) is 55.0 Å². The Bertz CT molecular complexity index is 276. The van der Waals surface area contributed by atoms with Crippen LogP contribution < -0.4 is 5.73 Å². The van der Waals surface area contributed by atoms with Crippen LogP contribution in [0.25, 0.3) is 0 Å². The van der Waals surface area contributed by atoms with Gasteiger partial charge in [0, 0.05) is 29.4 Å². The molecule has 0 aromatic carbocycles. The first-order chi connectivity index (χ1) is 5.77. The Hall–Kier alpha value is 0.0500. The molecule has 1 aliphatic heterocycles. The van der Waals surface area contributed by atoms with Gasteiger partial charge in [0.15, 0.2) is 0 Å². The fourth-order valence-electron chi connectivity index (χ4n) is 1.36. The SMILES string of the molecule is Nc1nnc([C@H]2CCCN2I)s1. The summed E-state index contributed by atoms with van der Waals surface area (Å²) in [5, 5.41) is 9.48. The van der Waals surface area contributed by atoms with Gasteiger partial charge in [0.1, 0.15) is 5.01 Å². The van der Waals surface area contributed by atoms with Crippen molar-refractivity contribution in [1.29, 1.82) is 0 Å². The number of aromatic nitrogens is 2. The molecule has 1 aromatic heterocycles. The number of rotatable bonds is 1. The highest BCUT2D eigenvalue weighted by atomic mass is 127. The molecule has 0 unspecified atom stereocenters. The minimum absolute atomic E-state index is 0.445. The lowest BCUT2D eigenvalue weighted by molar-refractivity contribution is 0.484. The van der Waals surface area contributed by atoms with Crippen LogP contribution in [0, 0.1) is 0 Å². The van der Waals surface area contributed by atoms with Crippen LogP contribution in [0.2, 0.25) is 0 Å². The fraction of sp³-hybridized carbons (Fsp3) is 0.667. The van der Waals surface area contributed by atoms with Crippen molar-refractivity contribution in [3.05, 3.63) is 5.01 Å². The third kappa shape index (κ3) is 1.55. The quantitative estimate of drug-likeness (QED) is 0.632. The van der Waals surface area contributed by atoms with Gasteiger partial charge < -0.3 is 5.73 Å². The molecule has 6 heteroatoms. The predicted molar refractivity (Wildman–Crippen MR) is 57.0 cm³/mol. The standard InChI is InChI=1S/C6H9IN4S/c7-11-3-1-2-4(11)5-9-10-6(8)12-5/h4H,1-3H2,(H2,8,10)/t4-/m1/s1. The average molecular weight is 296 g/mol. The van der Waals surface area contributed by atoms with Gasteiger partial charge >= 0.3 is 0 Å². The van der Waals surface area contributed by atoms with Crippen LogP contribution in [0.15, 0.2) is 0 Å². The van der Waals surface area contributed by atoms with Gasteiger partial charge in [0.25, 0.3) is 0 Å². The monoisotopic (exact) mass is 296 g/mol. The Labute approximate surface area is 88.7 Å². The first-order valence-corrected chi connectivity index (χ1v) is 5.57. The summed E-state index contributed by atoms with van der Waals surface area (Å²) in [5.74, 6) is 0. The van der Waals surface area contributed by atoms with Gasteiger partial charge in [-0.05, 0) is 12.8 Å². The van der Waals surface area contributed by atoms with E-state index < -0.39 is 0 Å². The predicted octanol–water partition coefficient (Wildman–Crippen LogP) is 1.61. The van der Waals surface area contributed by atoms with Crippen LogP contribution >= 0.6 is 34.2 Å². The van der Waals surface area contributed by atoms with Gasteiger partial charge in [-0.15, -0.1) is 10.2 Å². The number of nitrogens with two attached hydrogens (primary N) is 1. The van der Waals surface area contributed by atoms with E-state index in [9.17, 15) is 0 Å². The third-order valence-electron chi connectivity index (χ3n) is 1.93. The maximum atomic E-state index is 5.52. The molecule has 2 heterocycles. The molecule has 4 nitrogen and oxygen atoms in total. The van der Waals surface area contributed by atoms with Gasteiger partial charge in [0.2, 0.25) is 5.13 Å². The van der Waals surface area contributed by atoms with E-state index in [1.54, 1.807) is 0 Å². The zero-order valence-electron chi connectivity index (χ0n) is 6.40. The van der Waals surface area contributed by atoms with Crippen molar-refractivity contribution in [3.8, 4) is 0 Å². The van der Waals surface area contributed by atoms with E-state index >= 15 is 0 Å². The lowest BCUT2D eigenvalue weighted by atomic mass is 10.2. The highest BCUT2D eigenvalue weighted by Gasteiger charge is 2.26. The summed E-state index contributed by atoms with van der Waals surface area (Å²) in [6.45, 7) is 1.14. The molecule has 1 aliphatic rings. The maximum Gasteiger partial charge on any atom is 0.203 e. The fourth-order valence-corrected chi connectivity index (χ4v) is 3.19. The van der Waals surface area contributed by atoms with Gasteiger partial charge in [-0.1, -0.05) is 11.3 Å². The number of nitrogens with zero attached hydrogens (tertiary/aromatic N) is 3. The number of nitrogen functional groups attached to an aromatic ring is 1. The van der Waals surface area contributed by atoms with E-state index in [-0.39, 0.29) is 0 Å². The molecule has 0 radical (unpaired) electrons. The molecule has 1 aromatic rings. The summed E-state index contributed by atoms with van der Waals surface area (Å²) < 4.78 is 2.28. The molecule has 0 saturated carbocycles. The molecule has 1 atom stereocenters. The molecule has 12 heavy (non-hydrogen) atoms. The first kappa shape index (κ1) is 8.64. The van der Waals surface area contributed by atoms with Crippen molar-refractivity contribution in [1.82, 2.24) is 13.3 Å². The minimum Gasteiger partial charge on any atom is -0.374 e. The number of halogens is 1. The van der Waals surface area contributed by atoms with Crippen molar-refractivity contribution in [3.63, 3.8) is 0 Å². The number of hydrogen-bond acceptors (Lipinski definition) is 5. The van der Waals surface area contributed by atoms with Crippen LogP contribution in [0.1, 0.15) is 23.9 Å². The molecular weight excluding hydrogens is 287 g/mol. The maximum absolute atomic E-state index is 5.52. The van der Waals surface area contributed by atoms with Crippen molar-refractivity contribution in [2.75, 3.05) is 12.3 Å². The Balaban J connectivity index is 2.19. The second-order valence-corrected chi connectivity index (χ2v) is 5.04. The zero-order valence-corrected chi connectivity index (χ0v) is 9.38. The average Bonchev–Trinajstić information content (AvgIpc) is 2.58. The van der Waals surface area contributed by atoms with E-state index in [2.05, 4.69) is 36.2 Å². The van der Waals surface area contributed by atoms with E-state index in [0.29, 0.717) is 11.2 Å². The summed E-state index contributed by atoms with van der Waals surface area (Å²) >= 11 is 3.84. The molecule has 1 fully saturated rings. The van der Waals surface area contributed by atoms with Crippen LogP contribution in [0.3, 0.4) is 0 Å². The number of anilines is 1. The van der Waals surface area contributed by atoms with Crippen molar-refractivity contribution in [2.45, 2.75) is 18.9 Å². The summed E-state index contributed by atoms with van der Waals surface area (Å²) in [6, 6.07) is 0.445. The molecule has 2 rings (SSSR count). The van der Waals surface area contributed by atoms with Crippen LogP contribution in [-0.2, 0) is 0 Å². The Morgan fingerprint density at radius 3 is 2.92 bits per heavy atom. The summed E-state index contributed by atoms with van der Waals surface area (Å²) in [6.07, 6.45) is 2.42. The van der Waals surface area contributed by atoms with Crippen LogP contribution in [0.5, 0.6) is 0 Å². The van der Waals surface area contributed by atoms with E-state index in [1.807, 2.05) is 0 Å². The molecule has 0 amide bonds. The largest absolute Gasteiger partial charge is 0.374 e. The van der Waals surface area contributed by atoms with E-state index in [1.165, 1.54) is 24.2 Å². The normalized spacial score (nSPS) is 24.9. The van der Waals surface area contributed by atoms with Gasteiger partial charge in [0.05, 0.1) is 6.04 Å². The van der Waals surface area contributed by atoms with Crippen molar-refractivity contribution in [2.24, 2.45) is 0 Å². The smallest absolute Gasteiger partial charge is 0.203 e. The van der Waals surface area contributed by atoms with E-state index in [4.69, 9.17) is 5.73 Å². The second kappa shape index (κ2) is 3.43. The first-order valence-electron chi connectivity index (χ1n) is 3.78. The Morgan fingerprint density at radius 2 is 2.42 bits per heavy atom.